The average Bonchev–Trinajstić information content (AvgIpc) is 2.89. The third-order valence-electron chi connectivity index (χ3n) is 3.53. The maximum absolute atomic E-state index is 10.1. The standard InChI is InChI=1S/C17H24N4O3.HI/c1-5-18-17(20-10-15-21-11(2)12(3)24-15)19-9-13-7-6-8-14(23-4)16(13)22;/h6-8,22H,5,9-10H2,1-4H3,(H2,18,19,20);1H. The van der Waals surface area contributed by atoms with E-state index in [9.17, 15) is 5.11 Å². The molecule has 1 heterocycles. The number of aromatic hydroxyl groups is 1. The van der Waals surface area contributed by atoms with Gasteiger partial charge in [-0.05, 0) is 26.8 Å². The van der Waals surface area contributed by atoms with Crippen molar-refractivity contribution in [2.75, 3.05) is 13.7 Å². The molecule has 0 saturated heterocycles. The van der Waals surface area contributed by atoms with Gasteiger partial charge in [0.25, 0.3) is 0 Å². The Kier molecular flexibility index (Phi) is 8.53. The Morgan fingerprint density at radius 1 is 1.32 bits per heavy atom. The smallest absolute Gasteiger partial charge is 0.214 e. The van der Waals surface area contributed by atoms with Gasteiger partial charge in [0.1, 0.15) is 5.76 Å². The van der Waals surface area contributed by atoms with Crippen LogP contribution in [0.1, 0.15) is 29.8 Å². The third-order valence-corrected chi connectivity index (χ3v) is 3.53. The number of hydrogen-bond acceptors (Lipinski definition) is 5. The van der Waals surface area contributed by atoms with E-state index in [4.69, 9.17) is 9.15 Å². The zero-order valence-corrected chi connectivity index (χ0v) is 17.3. The van der Waals surface area contributed by atoms with Crippen LogP contribution in [-0.4, -0.2) is 29.7 Å². The number of methoxy groups -OCH3 is 1. The number of oxazole rings is 1. The SMILES string of the molecule is CCNC(=NCc1cccc(OC)c1O)NCc1nc(C)c(C)o1.I. The first-order valence-corrected chi connectivity index (χ1v) is 7.85. The van der Waals surface area contributed by atoms with E-state index in [0.717, 1.165) is 18.0 Å². The van der Waals surface area contributed by atoms with Gasteiger partial charge >= 0.3 is 0 Å². The van der Waals surface area contributed by atoms with E-state index in [1.807, 2.05) is 32.9 Å². The lowest BCUT2D eigenvalue weighted by atomic mass is 10.2. The second-order valence-corrected chi connectivity index (χ2v) is 5.27. The number of hydrogen-bond donors (Lipinski definition) is 3. The summed E-state index contributed by atoms with van der Waals surface area (Å²) in [5.74, 6) is 2.59. The summed E-state index contributed by atoms with van der Waals surface area (Å²) in [4.78, 5) is 8.80. The molecule has 138 valence electrons. The maximum Gasteiger partial charge on any atom is 0.214 e. The predicted molar refractivity (Wildman–Crippen MR) is 108 cm³/mol. The molecule has 2 aromatic rings. The summed E-state index contributed by atoms with van der Waals surface area (Å²) in [6, 6.07) is 5.34. The van der Waals surface area contributed by atoms with E-state index in [2.05, 4.69) is 20.6 Å². The summed E-state index contributed by atoms with van der Waals surface area (Å²) >= 11 is 0. The molecule has 0 spiro atoms. The number of aliphatic imine (C=N–C) groups is 1. The van der Waals surface area contributed by atoms with Crippen LogP contribution >= 0.6 is 24.0 Å². The summed E-state index contributed by atoms with van der Waals surface area (Å²) in [6.45, 7) is 7.26. The van der Waals surface area contributed by atoms with Gasteiger partial charge < -0.3 is 24.9 Å². The van der Waals surface area contributed by atoms with Gasteiger partial charge in [-0.1, -0.05) is 12.1 Å². The normalized spacial score (nSPS) is 11.0. The number of benzene rings is 1. The fourth-order valence-electron chi connectivity index (χ4n) is 2.14. The first-order valence-electron chi connectivity index (χ1n) is 7.85. The third kappa shape index (κ3) is 5.80. The van der Waals surface area contributed by atoms with Gasteiger partial charge in [-0.3, -0.25) is 0 Å². The molecule has 0 saturated carbocycles. The largest absolute Gasteiger partial charge is 0.504 e. The molecule has 25 heavy (non-hydrogen) atoms. The Morgan fingerprint density at radius 3 is 2.68 bits per heavy atom. The van der Waals surface area contributed by atoms with Crippen LogP contribution < -0.4 is 15.4 Å². The highest BCUT2D eigenvalue weighted by Crippen LogP contribution is 2.29. The number of para-hydroxylation sites is 1. The molecule has 0 aliphatic carbocycles. The molecule has 0 amide bonds. The number of guanidine groups is 1. The molecule has 0 aliphatic rings. The summed E-state index contributed by atoms with van der Waals surface area (Å²) in [7, 11) is 1.52. The lowest BCUT2D eigenvalue weighted by Crippen LogP contribution is -2.36. The van der Waals surface area contributed by atoms with Gasteiger partial charge in [-0.2, -0.15) is 0 Å². The number of nitrogens with zero attached hydrogens (tertiary/aromatic N) is 2. The maximum atomic E-state index is 10.1. The molecule has 8 heteroatoms. The van der Waals surface area contributed by atoms with Crippen molar-refractivity contribution in [1.29, 1.82) is 0 Å². The molecule has 1 aromatic carbocycles. The van der Waals surface area contributed by atoms with Crippen LogP contribution in [0.15, 0.2) is 27.6 Å². The molecule has 3 N–H and O–H groups in total. The monoisotopic (exact) mass is 460 g/mol. The number of aryl methyl sites for hydroxylation is 2. The minimum absolute atomic E-state index is 0. The molecule has 2 rings (SSSR count). The average molecular weight is 460 g/mol. The molecule has 0 radical (unpaired) electrons. The quantitative estimate of drug-likeness (QED) is 0.349. The minimum atomic E-state index is 0. The van der Waals surface area contributed by atoms with Crippen molar-refractivity contribution in [1.82, 2.24) is 15.6 Å². The van der Waals surface area contributed by atoms with Crippen LogP contribution in [0, 0.1) is 13.8 Å². The highest BCUT2D eigenvalue weighted by Gasteiger charge is 2.08. The predicted octanol–water partition coefficient (Wildman–Crippen LogP) is 2.88. The molecule has 0 bridgehead atoms. The number of halogens is 1. The molecule has 7 nitrogen and oxygen atoms in total. The van der Waals surface area contributed by atoms with E-state index in [1.165, 1.54) is 7.11 Å². The number of ether oxygens (including phenoxy) is 1. The fourth-order valence-corrected chi connectivity index (χ4v) is 2.14. The Balaban J connectivity index is 0.00000312. The Morgan fingerprint density at radius 2 is 2.08 bits per heavy atom. The van der Waals surface area contributed by atoms with Crippen molar-refractivity contribution < 1.29 is 14.3 Å². The number of phenols is 1. The summed E-state index contributed by atoms with van der Waals surface area (Å²) in [6.07, 6.45) is 0. The van der Waals surface area contributed by atoms with E-state index >= 15 is 0 Å². The first kappa shape index (κ1) is 21.1. The minimum Gasteiger partial charge on any atom is -0.504 e. The highest BCUT2D eigenvalue weighted by molar-refractivity contribution is 14.0. The number of phenolic OH excluding ortho intramolecular Hbond substituents is 1. The van der Waals surface area contributed by atoms with Crippen molar-refractivity contribution in [3.63, 3.8) is 0 Å². The summed E-state index contributed by atoms with van der Waals surface area (Å²) in [5, 5.41) is 16.4. The van der Waals surface area contributed by atoms with Crippen molar-refractivity contribution in [2.24, 2.45) is 4.99 Å². The van der Waals surface area contributed by atoms with Crippen LogP contribution in [0.5, 0.6) is 11.5 Å². The number of aromatic nitrogens is 1. The van der Waals surface area contributed by atoms with Gasteiger partial charge in [0.05, 0.1) is 25.9 Å². The van der Waals surface area contributed by atoms with Crippen molar-refractivity contribution in [2.45, 2.75) is 33.9 Å². The van der Waals surface area contributed by atoms with Gasteiger partial charge in [0, 0.05) is 12.1 Å². The highest BCUT2D eigenvalue weighted by atomic mass is 127. The van der Waals surface area contributed by atoms with Crippen LogP contribution in [0.25, 0.3) is 0 Å². The molecule has 0 atom stereocenters. The van der Waals surface area contributed by atoms with Crippen LogP contribution in [0.3, 0.4) is 0 Å². The molecule has 0 unspecified atom stereocenters. The van der Waals surface area contributed by atoms with Crippen LogP contribution in [0.2, 0.25) is 0 Å². The molecule has 0 aliphatic heterocycles. The van der Waals surface area contributed by atoms with Gasteiger partial charge in [-0.15, -0.1) is 24.0 Å². The Bertz CT molecular complexity index is 696. The zero-order valence-electron chi connectivity index (χ0n) is 14.9. The molecule has 0 fully saturated rings. The Labute approximate surface area is 164 Å². The van der Waals surface area contributed by atoms with Gasteiger partial charge in [-0.25, -0.2) is 9.98 Å². The van der Waals surface area contributed by atoms with Crippen molar-refractivity contribution in [3.05, 3.63) is 41.1 Å². The van der Waals surface area contributed by atoms with E-state index in [-0.39, 0.29) is 29.7 Å². The lowest BCUT2D eigenvalue weighted by Gasteiger charge is -2.11. The van der Waals surface area contributed by atoms with E-state index in [1.54, 1.807) is 6.07 Å². The summed E-state index contributed by atoms with van der Waals surface area (Å²) in [5.41, 5.74) is 1.57. The first-order chi connectivity index (χ1) is 11.5. The fraction of sp³-hybridized carbons (Fsp3) is 0.412. The number of nitrogens with one attached hydrogen (secondary N) is 2. The van der Waals surface area contributed by atoms with Gasteiger partial charge in [0.2, 0.25) is 5.89 Å². The molecule has 1 aromatic heterocycles. The van der Waals surface area contributed by atoms with Crippen LogP contribution in [0.4, 0.5) is 0 Å². The lowest BCUT2D eigenvalue weighted by molar-refractivity contribution is 0.370. The van der Waals surface area contributed by atoms with Crippen molar-refractivity contribution >= 4 is 29.9 Å². The molecular formula is C17H25IN4O3. The second kappa shape index (κ2) is 10.1. The van der Waals surface area contributed by atoms with E-state index < -0.39 is 0 Å². The summed E-state index contributed by atoms with van der Waals surface area (Å²) < 4.78 is 10.7. The Hall–Kier alpha value is -1.97. The van der Waals surface area contributed by atoms with Crippen LogP contribution in [-0.2, 0) is 13.1 Å². The van der Waals surface area contributed by atoms with Gasteiger partial charge in [0.15, 0.2) is 17.5 Å². The molecular weight excluding hydrogens is 435 g/mol. The number of rotatable bonds is 6. The second-order valence-electron chi connectivity index (χ2n) is 5.27. The van der Waals surface area contributed by atoms with Crippen molar-refractivity contribution in [3.8, 4) is 11.5 Å². The zero-order chi connectivity index (χ0) is 17.5. The van der Waals surface area contributed by atoms with E-state index in [0.29, 0.717) is 36.3 Å². The topological polar surface area (TPSA) is 91.9 Å².